The third kappa shape index (κ3) is 2.15. The fourth-order valence-electron chi connectivity index (χ4n) is 2.96. The van der Waals surface area contributed by atoms with Gasteiger partial charge in [0.1, 0.15) is 5.78 Å². The number of Topliss-reactive ketones (excluding diaryl/α,β-unsaturated/α-hetero) is 2. The molecule has 3 rings (SSSR count). The second-order valence-electron chi connectivity index (χ2n) is 6.34. The average molecular weight is 270 g/mol. The predicted octanol–water partition coefficient (Wildman–Crippen LogP) is 2.91. The Balaban J connectivity index is 1.97. The molecule has 0 spiro atoms. The van der Waals surface area contributed by atoms with Gasteiger partial charge in [-0.2, -0.15) is 5.10 Å². The van der Waals surface area contributed by atoms with Gasteiger partial charge in [-0.25, -0.2) is 4.52 Å². The van der Waals surface area contributed by atoms with E-state index in [9.17, 15) is 9.59 Å². The Morgan fingerprint density at radius 3 is 3.00 bits per heavy atom. The van der Waals surface area contributed by atoms with Crippen LogP contribution in [-0.2, 0) is 4.79 Å². The Morgan fingerprint density at radius 1 is 1.40 bits per heavy atom. The molecule has 0 aromatic carbocycles. The lowest BCUT2D eigenvalue weighted by Gasteiger charge is -2.33. The summed E-state index contributed by atoms with van der Waals surface area (Å²) >= 11 is 0. The third-order valence-electron chi connectivity index (χ3n) is 4.20. The van der Waals surface area contributed by atoms with Crippen LogP contribution in [0.1, 0.15) is 43.5 Å². The first-order chi connectivity index (χ1) is 9.48. The number of hydrogen-bond donors (Lipinski definition) is 0. The van der Waals surface area contributed by atoms with Crippen LogP contribution in [0, 0.1) is 11.3 Å². The summed E-state index contributed by atoms with van der Waals surface area (Å²) < 4.78 is 1.67. The van der Waals surface area contributed by atoms with Gasteiger partial charge in [0.2, 0.25) is 0 Å². The first kappa shape index (κ1) is 13.0. The van der Waals surface area contributed by atoms with E-state index in [4.69, 9.17) is 0 Å². The monoisotopic (exact) mass is 270 g/mol. The molecule has 1 saturated carbocycles. The zero-order valence-electron chi connectivity index (χ0n) is 11.8. The van der Waals surface area contributed by atoms with Crippen molar-refractivity contribution in [1.82, 2.24) is 9.61 Å². The Hall–Kier alpha value is -1.97. The second kappa shape index (κ2) is 4.54. The highest BCUT2D eigenvalue weighted by atomic mass is 16.2. The Morgan fingerprint density at radius 2 is 2.20 bits per heavy atom. The van der Waals surface area contributed by atoms with Gasteiger partial charge in [-0.05, 0) is 30.4 Å². The number of carbonyl (C=O) groups excluding carboxylic acids is 2. The molecule has 104 valence electrons. The number of fused-ring (bicyclic) bond motifs is 1. The maximum absolute atomic E-state index is 12.7. The van der Waals surface area contributed by atoms with Crippen LogP contribution in [0.25, 0.3) is 5.52 Å². The molecule has 1 aliphatic rings. The van der Waals surface area contributed by atoms with Crippen molar-refractivity contribution in [3.63, 3.8) is 0 Å². The molecular formula is C16H18N2O2. The minimum absolute atomic E-state index is 0.0528. The molecule has 1 fully saturated rings. The average Bonchev–Trinajstić information content (AvgIpc) is 2.85. The summed E-state index contributed by atoms with van der Waals surface area (Å²) in [7, 11) is 0. The van der Waals surface area contributed by atoms with Crippen molar-refractivity contribution in [2.24, 2.45) is 11.3 Å². The van der Waals surface area contributed by atoms with Crippen LogP contribution < -0.4 is 0 Å². The Kier molecular flexibility index (Phi) is 2.96. The van der Waals surface area contributed by atoms with E-state index < -0.39 is 5.92 Å². The van der Waals surface area contributed by atoms with E-state index >= 15 is 0 Å². The molecule has 2 aromatic heterocycles. The number of hydrogen-bond acceptors (Lipinski definition) is 3. The van der Waals surface area contributed by atoms with E-state index in [1.165, 1.54) is 0 Å². The number of rotatable bonds is 2. The molecule has 20 heavy (non-hydrogen) atoms. The van der Waals surface area contributed by atoms with Gasteiger partial charge < -0.3 is 0 Å². The van der Waals surface area contributed by atoms with Crippen molar-refractivity contribution in [2.75, 3.05) is 0 Å². The molecule has 2 heterocycles. The van der Waals surface area contributed by atoms with Crippen molar-refractivity contribution in [3.8, 4) is 0 Å². The van der Waals surface area contributed by atoms with Crippen LogP contribution in [0.4, 0.5) is 0 Å². The van der Waals surface area contributed by atoms with Crippen LogP contribution >= 0.6 is 0 Å². The lowest BCUT2D eigenvalue weighted by molar-refractivity contribution is -0.125. The SMILES string of the molecule is CC1(C)CCC(=O)C(C(=O)c2cnn3ccccc23)C1. The van der Waals surface area contributed by atoms with Gasteiger partial charge in [-0.15, -0.1) is 0 Å². The van der Waals surface area contributed by atoms with E-state index in [1.54, 1.807) is 16.9 Å². The van der Waals surface area contributed by atoms with Crippen LogP contribution in [0.5, 0.6) is 0 Å². The first-order valence-electron chi connectivity index (χ1n) is 6.97. The fraction of sp³-hybridized carbons (Fsp3) is 0.438. The molecule has 1 unspecified atom stereocenters. The van der Waals surface area contributed by atoms with Gasteiger partial charge in [0, 0.05) is 12.6 Å². The number of carbonyl (C=O) groups is 2. The minimum atomic E-state index is -0.507. The lowest BCUT2D eigenvalue weighted by Crippen LogP contribution is -2.35. The van der Waals surface area contributed by atoms with Crippen LogP contribution in [0.15, 0.2) is 30.6 Å². The minimum Gasteiger partial charge on any atom is -0.299 e. The van der Waals surface area contributed by atoms with Gasteiger partial charge in [0.15, 0.2) is 5.78 Å². The van der Waals surface area contributed by atoms with Gasteiger partial charge in [-0.3, -0.25) is 9.59 Å². The molecule has 0 saturated heterocycles. The molecule has 0 N–H and O–H groups in total. The van der Waals surface area contributed by atoms with Crippen molar-refractivity contribution in [2.45, 2.75) is 33.1 Å². The largest absolute Gasteiger partial charge is 0.299 e. The summed E-state index contributed by atoms with van der Waals surface area (Å²) in [5.74, 6) is -0.513. The van der Waals surface area contributed by atoms with Crippen molar-refractivity contribution in [3.05, 3.63) is 36.2 Å². The molecule has 4 heteroatoms. The summed E-state index contributed by atoms with van der Waals surface area (Å²) in [5, 5.41) is 4.18. The third-order valence-corrected chi connectivity index (χ3v) is 4.20. The molecule has 1 atom stereocenters. The van der Waals surface area contributed by atoms with E-state index in [-0.39, 0.29) is 17.0 Å². The number of pyridine rings is 1. The molecular weight excluding hydrogens is 252 g/mol. The van der Waals surface area contributed by atoms with Gasteiger partial charge in [-0.1, -0.05) is 19.9 Å². The van der Waals surface area contributed by atoms with Crippen LogP contribution in [0.2, 0.25) is 0 Å². The molecule has 4 nitrogen and oxygen atoms in total. The number of nitrogens with zero attached hydrogens (tertiary/aromatic N) is 2. The molecule has 0 amide bonds. The van der Waals surface area contributed by atoms with E-state index in [1.807, 2.05) is 18.2 Å². The number of aromatic nitrogens is 2. The molecule has 0 radical (unpaired) electrons. The zero-order chi connectivity index (χ0) is 14.3. The topological polar surface area (TPSA) is 51.4 Å². The van der Waals surface area contributed by atoms with Crippen LogP contribution in [0.3, 0.4) is 0 Å². The molecule has 1 aliphatic carbocycles. The second-order valence-corrected chi connectivity index (χ2v) is 6.34. The predicted molar refractivity (Wildman–Crippen MR) is 75.7 cm³/mol. The zero-order valence-corrected chi connectivity index (χ0v) is 11.8. The van der Waals surface area contributed by atoms with Crippen molar-refractivity contribution >= 4 is 17.1 Å². The maximum Gasteiger partial charge on any atom is 0.177 e. The summed E-state index contributed by atoms with van der Waals surface area (Å²) in [5.41, 5.74) is 1.38. The van der Waals surface area contributed by atoms with Crippen LogP contribution in [-0.4, -0.2) is 21.2 Å². The summed E-state index contributed by atoms with van der Waals surface area (Å²) in [6, 6.07) is 5.60. The fourth-order valence-corrected chi connectivity index (χ4v) is 2.96. The van der Waals surface area contributed by atoms with Crippen molar-refractivity contribution in [1.29, 1.82) is 0 Å². The number of ketones is 2. The van der Waals surface area contributed by atoms with Gasteiger partial charge >= 0.3 is 0 Å². The van der Waals surface area contributed by atoms with Gasteiger partial charge in [0.05, 0.1) is 23.2 Å². The summed E-state index contributed by atoms with van der Waals surface area (Å²) in [6.45, 7) is 4.24. The smallest absolute Gasteiger partial charge is 0.177 e. The summed E-state index contributed by atoms with van der Waals surface area (Å²) in [6.07, 6.45) is 5.38. The Bertz CT molecular complexity index is 685. The molecule has 2 aromatic rings. The molecule has 0 bridgehead atoms. The first-order valence-corrected chi connectivity index (χ1v) is 6.97. The maximum atomic E-state index is 12.7. The summed E-state index contributed by atoms with van der Waals surface area (Å²) in [4.78, 5) is 24.8. The van der Waals surface area contributed by atoms with Gasteiger partial charge in [0.25, 0.3) is 0 Å². The molecule has 0 aliphatic heterocycles. The standard InChI is InChI=1S/C16H18N2O2/c1-16(2)7-6-14(19)11(9-16)15(20)12-10-17-18-8-4-3-5-13(12)18/h3-5,8,10-11H,6-7,9H2,1-2H3. The highest BCUT2D eigenvalue weighted by Gasteiger charge is 2.38. The van der Waals surface area contributed by atoms with E-state index in [2.05, 4.69) is 18.9 Å². The van der Waals surface area contributed by atoms with E-state index in [0.717, 1.165) is 11.9 Å². The highest BCUT2D eigenvalue weighted by Crippen LogP contribution is 2.38. The van der Waals surface area contributed by atoms with Crippen molar-refractivity contribution < 1.29 is 9.59 Å². The highest BCUT2D eigenvalue weighted by molar-refractivity contribution is 6.14. The van der Waals surface area contributed by atoms with E-state index in [0.29, 0.717) is 18.4 Å². The quantitative estimate of drug-likeness (QED) is 0.622. The Labute approximate surface area is 117 Å². The normalized spacial score (nSPS) is 22.1. The lowest BCUT2D eigenvalue weighted by atomic mass is 9.69.